The Hall–Kier alpha value is -0.990. The van der Waals surface area contributed by atoms with Crippen molar-refractivity contribution in [1.82, 2.24) is 0 Å². The van der Waals surface area contributed by atoms with Crippen LogP contribution >= 0.6 is 27.5 Å². The maximum Gasteiger partial charge on any atom is 0.130 e. The van der Waals surface area contributed by atoms with Crippen molar-refractivity contribution in [3.05, 3.63) is 58.1 Å². The SMILES string of the molecule is Cc1cc(CCl)ccc1Oc1cccc(Br)c1. The number of rotatable bonds is 3. The molecule has 0 N–H and O–H groups in total. The summed E-state index contributed by atoms with van der Waals surface area (Å²) >= 11 is 9.20. The minimum absolute atomic E-state index is 0.526. The van der Waals surface area contributed by atoms with E-state index in [0.29, 0.717) is 5.88 Å². The maximum atomic E-state index is 5.82. The molecule has 0 aromatic heterocycles. The minimum Gasteiger partial charge on any atom is -0.457 e. The Labute approximate surface area is 115 Å². The first kappa shape index (κ1) is 12.5. The lowest BCUT2D eigenvalue weighted by molar-refractivity contribution is 0.478. The second-order valence-corrected chi connectivity index (χ2v) is 4.98. The molecule has 0 heterocycles. The fourth-order valence-electron chi connectivity index (χ4n) is 1.57. The molecular weight excluding hydrogens is 300 g/mol. The molecule has 0 amide bonds. The zero-order chi connectivity index (χ0) is 12.3. The van der Waals surface area contributed by atoms with Crippen molar-refractivity contribution >= 4 is 27.5 Å². The van der Waals surface area contributed by atoms with Gasteiger partial charge in [0.15, 0.2) is 0 Å². The lowest BCUT2D eigenvalue weighted by Gasteiger charge is -2.09. The number of alkyl halides is 1. The summed E-state index contributed by atoms with van der Waals surface area (Å²) in [6, 6.07) is 13.8. The van der Waals surface area contributed by atoms with Crippen molar-refractivity contribution < 1.29 is 4.74 Å². The monoisotopic (exact) mass is 310 g/mol. The molecular formula is C14H12BrClO. The molecule has 0 spiro atoms. The Bertz CT molecular complexity index is 525. The molecule has 0 saturated heterocycles. The second-order valence-electron chi connectivity index (χ2n) is 3.79. The molecule has 0 saturated carbocycles. The standard InChI is InChI=1S/C14H12BrClO/c1-10-7-11(9-16)5-6-14(10)17-13-4-2-3-12(15)8-13/h2-8H,9H2,1H3. The van der Waals surface area contributed by atoms with Crippen LogP contribution < -0.4 is 4.74 Å². The van der Waals surface area contributed by atoms with E-state index < -0.39 is 0 Å². The van der Waals surface area contributed by atoms with E-state index in [0.717, 1.165) is 27.1 Å². The molecule has 0 unspecified atom stereocenters. The van der Waals surface area contributed by atoms with E-state index >= 15 is 0 Å². The molecule has 2 rings (SSSR count). The van der Waals surface area contributed by atoms with Gasteiger partial charge in [-0.2, -0.15) is 0 Å². The van der Waals surface area contributed by atoms with Gasteiger partial charge in [-0.05, 0) is 42.3 Å². The van der Waals surface area contributed by atoms with Crippen LogP contribution in [0, 0.1) is 6.92 Å². The van der Waals surface area contributed by atoms with Crippen LogP contribution in [0.5, 0.6) is 11.5 Å². The number of benzene rings is 2. The average Bonchev–Trinajstić information content (AvgIpc) is 2.32. The van der Waals surface area contributed by atoms with E-state index in [1.54, 1.807) is 0 Å². The van der Waals surface area contributed by atoms with Gasteiger partial charge in [-0.3, -0.25) is 0 Å². The van der Waals surface area contributed by atoms with Crippen molar-refractivity contribution in [2.45, 2.75) is 12.8 Å². The summed E-state index contributed by atoms with van der Waals surface area (Å²) < 4.78 is 6.82. The molecule has 3 heteroatoms. The predicted octanol–water partition coefficient (Wildman–Crippen LogP) is 5.29. The van der Waals surface area contributed by atoms with Crippen LogP contribution in [0.1, 0.15) is 11.1 Å². The second kappa shape index (κ2) is 5.56. The highest BCUT2D eigenvalue weighted by atomic mass is 79.9. The zero-order valence-corrected chi connectivity index (χ0v) is 11.8. The molecule has 1 nitrogen and oxygen atoms in total. The third-order valence-corrected chi connectivity index (χ3v) is 3.22. The van der Waals surface area contributed by atoms with E-state index in [2.05, 4.69) is 15.9 Å². The van der Waals surface area contributed by atoms with E-state index in [1.165, 1.54) is 0 Å². The molecule has 0 radical (unpaired) electrons. The molecule has 0 aliphatic heterocycles. The Kier molecular flexibility index (Phi) is 4.08. The summed E-state index contributed by atoms with van der Waals surface area (Å²) in [6.45, 7) is 2.02. The van der Waals surface area contributed by atoms with Crippen LogP contribution in [-0.4, -0.2) is 0 Å². The largest absolute Gasteiger partial charge is 0.457 e. The average molecular weight is 312 g/mol. The first-order valence-electron chi connectivity index (χ1n) is 5.28. The van der Waals surface area contributed by atoms with Crippen molar-refractivity contribution in [3.63, 3.8) is 0 Å². The molecule has 17 heavy (non-hydrogen) atoms. The van der Waals surface area contributed by atoms with E-state index in [9.17, 15) is 0 Å². The minimum atomic E-state index is 0.526. The van der Waals surface area contributed by atoms with Crippen LogP contribution in [0.25, 0.3) is 0 Å². The fourth-order valence-corrected chi connectivity index (χ4v) is 2.11. The Morgan fingerprint density at radius 1 is 1.18 bits per heavy atom. The highest BCUT2D eigenvalue weighted by Gasteiger charge is 2.03. The van der Waals surface area contributed by atoms with E-state index in [4.69, 9.17) is 16.3 Å². The van der Waals surface area contributed by atoms with Gasteiger partial charge in [0.25, 0.3) is 0 Å². The summed E-state index contributed by atoms with van der Waals surface area (Å²) in [5, 5.41) is 0. The smallest absolute Gasteiger partial charge is 0.130 e. The van der Waals surface area contributed by atoms with Gasteiger partial charge in [0, 0.05) is 10.4 Å². The molecule has 2 aromatic rings. The van der Waals surface area contributed by atoms with Crippen LogP contribution in [0.4, 0.5) is 0 Å². The summed E-state index contributed by atoms with van der Waals surface area (Å²) in [6.07, 6.45) is 0. The quantitative estimate of drug-likeness (QED) is 0.700. The number of hydrogen-bond donors (Lipinski definition) is 0. The number of aryl methyl sites for hydroxylation is 1. The Balaban J connectivity index is 2.24. The van der Waals surface area contributed by atoms with Crippen LogP contribution in [-0.2, 0) is 5.88 Å². The molecule has 0 atom stereocenters. The van der Waals surface area contributed by atoms with Crippen molar-refractivity contribution in [3.8, 4) is 11.5 Å². The highest BCUT2D eigenvalue weighted by molar-refractivity contribution is 9.10. The van der Waals surface area contributed by atoms with Gasteiger partial charge >= 0.3 is 0 Å². The molecule has 2 aromatic carbocycles. The van der Waals surface area contributed by atoms with Gasteiger partial charge in [-0.1, -0.05) is 34.1 Å². The first-order chi connectivity index (χ1) is 8.19. The van der Waals surface area contributed by atoms with E-state index in [1.807, 2.05) is 49.4 Å². The summed E-state index contributed by atoms with van der Waals surface area (Å²) in [7, 11) is 0. The van der Waals surface area contributed by atoms with Gasteiger partial charge < -0.3 is 4.74 Å². The highest BCUT2D eigenvalue weighted by Crippen LogP contribution is 2.27. The molecule has 0 aliphatic rings. The number of hydrogen-bond acceptors (Lipinski definition) is 1. The summed E-state index contributed by atoms with van der Waals surface area (Å²) in [4.78, 5) is 0. The normalized spacial score (nSPS) is 10.3. The third kappa shape index (κ3) is 3.24. The summed E-state index contributed by atoms with van der Waals surface area (Å²) in [5.74, 6) is 2.20. The maximum absolute atomic E-state index is 5.82. The van der Waals surface area contributed by atoms with Crippen molar-refractivity contribution in [2.75, 3.05) is 0 Å². The third-order valence-electron chi connectivity index (χ3n) is 2.42. The first-order valence-corrected chi connectivity index (χ1v) is 6.60. The van der Waals surface area contributed by atoms with Crippen molar-refractivity contribution in [2.24, 2.45) is 0 Å². The Morgan fingerprint density at radius 2 is 2.00 bits per heavy atom. The lowest BCUT2D eigenvalue weighted by atomic mass is 10.1. The van der Waals surface area contributed by atoms with Gasteiger partial charge in [0.05, 0.1) is 0 Å². The molecule has 88 valence electrons. The van der Waals surface area contributed by atoms with Crippen molar-refractivity contribution in [1.29, 1.82) is 0 Å². The lowest BCUT2D eigenvalue weighted by Crippen LogP contribution is -1.89. The predicted molar refractivity (Wildman–Crippen MR) is 75.0 cm³/mol. The fraction of sp³-hybridized carbons (Fsp3) is 0.143. The van der Waals surface area contributed by atoms with Gasteiger partial charge in [0.2, 0.25) is 0 Å². The number of ether oxygens (including phenoxy) is 1. The van der Waals surface area contributed by atoms with Gasteiger partial charge in [-0.25, -0.2) is 0 Å². The van der Waals surface area contributed by atoms with Crippen LogP contribution in [0.3, 0.4) is 0 Å². The van der Waals surface area contributed by atoms with E-state index in [-0.39, 0.29) is 0 Å². The topological polar surface area (TPSA) is 9.23 Å². The molecule has 0 aliphatic carbocycles. The van der Waals surface area contributed by atoms with Gasteiger partial charge in [0.1, 0.15) is 11.5 Å². The zero-order valence-electron chi connectivity index (χ0n) is 9.41. The van der Waals surface area contributed by atoms with Gasteiger partial charge in [-0.15, -0.1) is 11.6 Å². The Morgan fingerprint density at radius 3 is 2.65 bits per heavy atom. The summed E-state index contributed by atoms with van der Waals surface area (Å²) in [5.41, 5.74) is 2.19. The number of halogens is 2. The van der Waals surface area contributed by atoms with Crippen LogP contribution in [0.15, 0.2) is 46.9 Å². The molecule has 0 fully saturated rings. The molecule has 0 bridgehead atoms. The van der Waals surface area contributed by atoms with Crippen LogP contribution in [0.2, 0.25) is 0 Å².